The van der Waals surface area contributed by atoms with Crippen molar-refractivity contribution in [1.29, 1.82) is 0 Å². The second-order valence-corrected chi connectivity index (χ2v) is 8.13. The lowest BCUT2D eigenvalue weighted by Crippen LogP contribution is -2.49. The minimum atomic E-state index is 0.522. The summed E-state index contributed by atoms with van der Waals surface area (Å²) in [5.74, 6) is 2.36. The molecule has 2 fully saturated rings. The molecule has 1 aliphatic heterocycles. The van der Waals surface area contributed by atoms with Crippen LogP contribution >= 0.6 is 0 Å². The van der Waals surface area contributed by atoms with E-state index in [9.17, 15) is 0 Å². The summed E-state index contributed by atoms with van der Waals surface area (Å²) in [4.78, 5) is 7.05. The summed E-state index contributed by atoms with van der Waals surface area (Å²) in [6, 6.07) is 9.81. The van der Waals surface area contributed by atoms with Crippen molar-refractivity contribution in [2.24, 2.45) is 10.9 Å². The third kappa shape index (κ3) is 4.97. The molecule has 2 aliphatic rings. The molecule has 0 bridgehead atoms. The van der Waals surface area contributed by atoms with Crippen LogP contribution in [0.1, 0.15) is 50.2 Å². The van der Waals surface area contributed by atoms with Crippen LogP contribution in [0.2, 0.25) is 0 Å². The fourth-order valence-electron chi connectivity index (χ4n) is 4.02. The monoisotopic (exact) mass is 342 g/mol. The lowest BCUT2D eigenvalue weighted by molar-refractivity contribution is 0.187. The molecule has 1 saturated carbocycles. The summed E-state index contributed by atoms with van der Waals surface area (Å²) in [5.41, 5.74) is 2.88. The first-order valence-electron chi connectivity index (χ1n) is 9.84. The van der Waals surface area contributed by atoms with Crippen molar-refractivity contribution in [2.75, 3.05) is 26.7 Å². The van der Waals surface area contributed by atoms with E-state index in [4.69, 9.17) is 0 Å². The molecule has 1 aliphatic carbocycles. The molecular weight excluding hydrogens is 308 g/mol. The molecule has 1 saturated heterocycles. The number of benzene rings is 1. The van der Waals surface area contributed by atoms with Crippen LogP contribution in [0.5, 0.6) is 0 Å². The van der Waals surface area contributed by atoms with Gasteiger partial charge in [0, 0.05) is 44.7 Å². The van der Waals surface area contributed by atoms with Crippen LogP contribution in [0.4, 0.5) is 0 Å². The van der Waals surface area contributed by atoms with Crippen LogP contribution in [0, 0.1) is 12.8 Å². The molecule has 0 spiro atoms. The average molecular weight is 343 g/mol. The lowest BCUT2D eigenvalue weighted by Gasteiger charge is -2.34. The maximum atomic E-state index is 4.46. The van der Waals surface area contributed by atoms with E-state index in [1.54, 1.807) is 0 Å². The van der Waals surface area contributed by atoms with E-state index in [1.165, 1.54) is 50.0 Å². The fourth-order valence-corrected chi connectivity index (χ4v) is 4.02. The molecule has 0 radical (unpaired) electrons. The fraction of sp³-hybridized carbons (Fsp3) is 0.667. The molecule has 1 aromatic carbocycles. The minimum Gasteiger partial charge on any atom is -0.354 e. The second-order valence-electron chi connectivity index (χ2n) is 8.13. The Morgan fingerprint density at radius 2 is 1.92 bits per heavy atom. The predicted molar refractivity (Wildman–Crippen MR) is 106 cm³/mol. The summed E-state index contributed by atoms with van der Waals surface area (Å²) >= 11 is 0. The zero-order valence-electron chi connectivity index (χ0n) is 16.3. The van der Waals surface area contributed by atoms with Crippen molar-refractivity contribution >= 4 is 5.96 Å². The molecule has 2 N–H and O–H groups in total. The highest BCUT2D eigenvalue weighted by Crippen LogP contribution is 2.42. The summed E-state index contributed by atoms with van der Waals surface area (Å²) in [6.07, 6.45) is 3.62. The molecule has 4 nitrogen and oxygen atoms in total. The highest BCUT2D eigenvalue weighted by molar-refractivity contribution is 5.80. The van der Waals surface area contributed by atoms with Crippen molar-refractivity contribution in [2.45, 2.75) is 58.0 Å². The van der Waals surface area contributed by atoms with Crippen molar-refractivity contribution in [3.8, 4) is 0 Å². The van der Waals surface area contributed by atoms with E-state index >= 15 is 0 Å². The molecule has 0 amide bonds. The van der Waals surface area contributed by atoms with E-state index in [-0.39, 0.29) is 0 Å². The second kappa shape index (κ2) is 8.22. The number of guanidine groups is 1. The zero-order valence-corrected chi connectivity index (χ0v) is 16.3. The SMILES string of the molecule is CN=C(NC1CCN(CC(C)C)CC1)NC1CC1c1ccccc1C. The quantitative estimate of drug-likeness (QED) is 0.638. The Kier molecular flexibility index (Phi) is 6.00. The average Bonchev–Trinajstić information content (AvgIpc) is 3.35. The van der Waals surface area contributed by atoms with Gasteiger partial charge in [0.05, 0.1) is 0 Å². The van der Waals surface area contributed by atoms with Gasteiger partial charge in [-0.1, -0.05) is 38.1 Å². The summed E-state index contributed by atoms with van der Waals surface area (Å²) in [6.45, 7) is 10.4. The van der Waals surface area contributed by atoms with Gasteiger partial charge in [0.1, 0.15) is 0 Å². The van der Waals surface area contributed by atoms with Gasteiger partial charge >= 0.3 is 0 Å². The van der Waals surface area contributed by atoms with Crippen molar-refractivity contribution in [3.63, 3.8) is 0 Å². The molecule has 1 heterocycles. The van der Waals surface area contributed by atoms with E-state index in [2.05, 4.69) is 65.6 Å². The molecule has 4 heteroatoms. The molecule has 138 valence electrons. The molecule has 3 rings (SSSR count). The Hall–Kier alpha value is -1.55. The first-order chi connectivity index (χ1) is 12.1. The maximum absolute atomic E-state index is 4.46. The number of likely N-dealkylation sites (tertiary alicyclic amines) is 1. The van der Waals surface area contributed by atoms with Crippen molar-refractivity contribution in [1.82, 2.24) is 15.5 Å². The molecule has 0 aromatic heterocycles. The van der Waals surface area contributed by atoms with Gasteiger partial charge in [0.25, 0.3) is 0 Å². The third-order valence-electron chi connectivity index (χ3n) is 5.48. The highest BCUT2D eigenvalue weighted by atomic mass is 15.2. The lowest BCUT2D eigenvalue weighted by atomic mass is 10.0. The zero-order chi connectivity index (χ0) is 17.8. The third-order valence-corrected chi connectivity index (χ3v) is 5.48. The summed E-state index contributed by atoms with van der Waals surface area (Å²) in [5, 5.41) is 7.28. The molecule has 25 heavy (non-hydrogen) atoms. The van der Waals surface area contributed by atoms with Crippen LogP contribution in [0.15, 0.2) is 29.3 Å². The number of aliphatic imine (C=N–C) groups is 1. The number of nitrogens with one attached hydrogen (secondary N) is 2. The maximum Gasteiger partial charge on any atom is 0.191 e. The normalized spacial score (nSPS) is 25.2. The van der Waals surface area contributed by atoms with E-state index in [0.717, 1.165) is 11.9 Å². The van der Waals surface area contributed by atoms with E-state index in [1.807, 2.05) is 7.05 Å². The van der Waals surface area contributed by atoms with Gasteiger partial charge in [-0.25, -0.2) is 0 Å². The Balaban J connectivity index is 1.45. The van der Waals surface area contributed by atoms with Gasteiger partial charge in [0.15, 0.2) is 5.96 Å². The van der Waals surface area contributed by atoms with Crippen LogP contribution in [-0.4, -0.2) is 49.6 Å². The van der Waals surface area contributed by atoms with Crippen molar-refractivity contribution in [3.05, 3.63) is 35.4 Å². The number of nitrogens with zero attached hydrogens (tertiary/aromatic N) is 2. The molecular formula is C21H34N4. The molecule has 2 unspecified atom stereocenters. The van der Waals surface area contributed by atoms with Crippen LogP contribution in [0.25, 0.3) is 0 Å². The van der Waals surface area contributed by atoms with Gasteiger partial charge in [-0.15, -0.1) is 0 Å². The van der Waals surface area contributed by atoms with Crippen LogP contribution < -0.4 is 10.6 Å². The first-order valence-corrected chi connectivity index (χ1v) is 9.84. The van der Waals surface area contributed by atoms with Gasteiger partial charge in [0.2, 0.25) is 0 Å². The topological polar surface area (TPSA) is 39.7 Å². The Labute approximate surface area is 153 Å². The van der Waals surface area contributed by atoms with Gasteiger partial charge in [-0.3, -0.25) is 4.99 Å². The Morgan fingerprint density at radius 3 is 2.56 bits per heavy atom. The standard InChI is InChI=1S/C21H34N4/c1-15(2)14-25-11-9-17(10-12-25)23-21(22-4)24-20-13-19(20)18-8-6-5-7-16(18)3/h5-8,15,17,19-20H,9-14H2,1-4H3,(H2,22,23,24). The van der Waals surface area contributed by atoms with Crippen LogP contribution in [0.3, 0.4) is 0 Å². The summed E-state index contributed by atoms with van der Waals surface area (Å²) in [7, 11) is 1.88. The Bertz CT molecular complexity index is 587. The number of hydrogen-bond acceptors (Lipinski definition) is 2. The predicted octanol–water partition coefficient (Wildman–Crippen LogP) is 3.14. The number of piperidine rings is 1. The largest absolute Gasteiger partial charge is 0.354 e. The first kappa shape index (κ1) is 18.2. The van der Waals surface area contributed by atoms with Crippen molar-refractivity contribution < 1.29 is 0 Å². The van der Waals surface area contributed by atoms with Gasteiger partial charge < -0.3 is 15.5 Å². The molecule has 2 atom stereocenters. The van der Waals surface area contributed by atoms with Gasteiger partial charge in [-0.2, -0.15) is 0 Å². The minimum absolute atomic E-state index is 0.522. The number of hydrogen-bond donors (Lipinski definition) is 2. The highest BCUT2D eigenvalue weighted by Gasteiger charge is 2.39. The smallest absolute Gasteiger partial charge is 0.191 e. The summed E-state index contributed by atoms with van der Waals surface area (Å²) < 4.78 is 0. The number of aryl methyl sites for hydroxylation is 1. The number of rotatable bonds is 5. The van der Waals surface area contributed by atoms with Crippen LogP contribution in [-0.2, 0) is 0 Å². The van der Waals surface area contributed by atoms with E-state index in [0.29, 0.717) is 18.0 Å². The molecule has 1 aromatic rings. The van der Waals surface area contributed by atoms with Gasteiger partial charge in [-0.05, 0) is 43.2 Å². The Morgan fingerprint density at radius 1 is 1.20 bits per heavy atom. The van der Waals surface area contributed by atoms with E-state index < -0.39 is 0 Å².